The van der Waals surface area contributed by atoms with Gasteiger partial charge in [-0.2, -0.15) is 9.78 Å². The van der Waals surface area contributed by atoms with Crippen molar-refractivity contribution >= 4 is 43.8 Å². The Morgan fingerprint density at radius 1 is 1.00 bits per heavy atom. The lowest BCUT2D eigenvalue weighted by Crippen LogP contribution is -2.23. The van der Waals surface area contributed by atoms with E-state index in [1.54, 1.807) is 24.3 Å². The normalized spacial score (nSPS) is 11.5. The fourth-order valence-corrected chi connectivity index (χ4v) is 4.39. The molecule has 1 N–H and O–H groups in total. The van der Waals surface area contributed by atoms with Gasteiger partial charge in [-0.25, -0.2) is 4.98 Å². The molecule has 5 aromatic rings. The van der Waals surface area contributed by atoms with E-state index in [1.165, 1.54) is 10.9 Å². The number of nitrogens with zero attached hydrogens (tertiary/aromatic N) is 3. The van der Waals surface area contributed by atoms with Crippen LogP contribution in [0.15, 0.2) is 93.2 Å². The molecule has 34 heavy (non-hydrogen) atoms. The van der Waals surface area contributed by atoms with Gasteiger partial charge < -0.3 is 9.84 Å². The van der Waals surface area contributed by atoms with Crippen LogP contribution in [-0.4, -0.2) is 21.0 Å². The Kier molecular flexibility index (Phi) is 5.86. The first kappa shape index (κ1) is 21.9. The molecule has 0 aliphatic heterocycles. The quantitative estimate of drug-likeness (QED) is 0.302. The predicted octanol–water partition coefficient (Wildman–Crippen LogP) is 5.79. The van der Waals surface area contributed by atoms with Crippen LogP contribution in [0, 0.1) is 6.92 Å². The topological polar surface area (TPSA) is 76.7 Å². The van der Waals surface area contributed by atoms with Crippen molar-refractivity contribution in [3.05, 3.63) is 111 Å². The number of phenols is 1. The van der Waals surface area contributed by atoms with Crippen LogP contribution < -0.4 is 10.3 Å². The molecule has 0 bridgehead atoms. The van der Waals surface area contributed by atoms with Gasteiger partial charge in [0, 0.05) is 15.4 Å². The summed E-state index contributed by atoms with van der Waals surface area (Å²) >= 11 is 3.55. The Balaban J connectivity index is 1.60. The summed E-state index contributed by atoms with van der Waals surface area (Å²) in [5, 5.41) is 17.2. The minimum atomic E-state index is -0.315. The van der Waals surface area contributed by atoms with E-state index in [-0.39, 0.29) is 17.9 Å². The summed E-state index contributed by atoms with van der Waals surface area (Å²) in [7, 11) is 0. The van der Waals surface area contributed by atoms with Gasteiger partial charge in [0.25, 0.3) is 5.56 Å². The maximum absolute atomic E-state index is 13.3. The third-order valence-corrected chi connectivity index (χ3v) is 6.23. The fraction of sp³-hybridized carbons (Fsp3) is 0.0741. The van der Waals surface area contributed by atoms with Gasteiger partial charge in [0.2, 0.25) is 0 Å². The Bertz CT molecular complexity index is 1630. The molecule has 0 atom stereocenters. The SMILES string of the molecule is Cc1ccccc1OCc1nc2ccccc2c(=O)n1/N=C/c1cc(Br)c2ccccc2c1O. The number of rotatable bonds is 5. The largest absolute Gasteiger partial charge is 0.507 e. The lowest BCUT2D eigenvalue weighted by molar-refractivity contribution is 0.287. The number of phenolic OH excluding ortho intramolecular Hbond substituents is 1. The van der Waals surface area contributed by atoms with Crippen molar-refractivity contribution in [2.75, 3.05) is 0 Å². The monoisotopic (exact) mass is 513 g/mol. The summed E-state index contributed by atoms with van der Waals surface area (Å²) in [6.07, 6.45) is 1.46. The molecular weight excluding hydrogens is 494 g/mol. The molecule has 168 valence electrons. The van der Waals surface area contributed by atoms with E-state index in [0.717, 1.165) is 15.4 Å². The summed E-state index contributed by atoms with van der Waals surface area (Å²) in [6.45, 7) is 2.00. The molecule has 6 nitrogen and oxygen atoms in total. The first-order valence-corrected chi connectivity index (χ1v) is 11.5. The smallest absolute Gasteiger partial charge is 0.282 e. The predicted molar refractivity (Wildman–Crippen MR) is 138 cm³/mol. The summed E-state index contributed by atoms with van der Waals surface area (Å²) in [4.78, 5) is 17.9. The molecule has 0 radical (unpaired) electrons. The standard InChI is InChI=1S/C27H20BrN3O3/c1-17-8-2-7-13-24(17)34-16-25-30-23-12-6-5-11-21(23)27(33)31(25)29-15-18-14-22(28)19-9-3-4-10-20(19)26(18)32/h2-15,32H,16H2,1H3/b29-15+. The number of hydrogen-bond acceptors (Lipinski definition) is 5. The molecule has 0 fully saturated rings. The zero-order valence-corrected chi connectivity index (χ0v) is 19.9. The summed E-state index contributed by atoms with van der Waals surface area (Å²) in [6, 6.07) is 24.0. The van der Waals surface area contributed by atoms with Crippen molar-refractivity contribution in [2.45, 2.75) is 13.5 Å². The van der Waals surface area contributed by atoms with E-state index in [2.05, 4.69) is 26.0 Å². The number of aromatic nitrogens is 2. The molecule has 0 saturated carbocycles. The number of fused-ring (bicyclic) bond motifs is 2. The number of hydrogen-bond donors (Lipinski definition) is 1. The van der Waals surface area contributed by atoms with Crippen LogP contribution in [0.4, 0.5) is 0 Å². The molecule has 1 aromatic heterocycles. The highest BCUT2D eigenvalue weighted by atomic mass is 79.9. The second-order valence-corrected chi connectivity index (χ2v) is 8.66. The van der Waals surface area contributed by atoms with Gasteiger partial charge in [-0.15, -0.1) is 0 Å². The van der Waals surface area contributed by atoms with Crippen LogP contribution in [0.5, 0.6) is 11.5 Å². The Morgan fingerprint density at radius 2 is 1.68 bits per heavy atom. The maximum Gasteiger partial charge on any atom is 0.282 e. The average Bonchev–Trinajstić information content (AvgIpc) is 2.86. The van der Waals surface area contributed by atoms with Crippen LogP contribution in [-0.2, 0) is 6.61 Å². The molecule has 4 aromatic carbocycles. The highest BCUT2D eigenvalue weighted by molar-refractivity contribution is 9.10. The molecule has 5 rings (SSSR count). The lowest BCUT2D eigenvalue weighted by Gasteiger charge is -2.12. The molecule has 1 heterocycles. The van der Waals surface area contributed by atoms with Crippen molar-refractivity contribution in [1.82, 2.24) is 9.66 Å². The fourth-order valence-electron chi connectivity index (χ4n) is 3.80. The van der Waals surface area contributed by atoms with Crippen LogP contribution in [0.2, 0.25) is 0 Å². The van der Waals surface area contributed by atoms with E-state index in [4.69, 9.17) is 4.74 Å². The second kappa shape index (κ2) is 9.11. The zero-order valence-electron chi connectivity index (χ0n) is 18.3. The van der Waals surface area contributed by atoms with Crippen LogP contribution in [0.1, 0.15) is 17.0 Å². The minimum Gasteiger partial charge on any atom is -0.507 e. The van der Waals surface area contributed by atoms with E-state index in [0.29, 0.717) is 33.4 Å². The van der Waals surface area contributed by atoms with Gasteiger partial charge in [0.15, 0.2) is 5.82 Å². The number of para-hydroxylation sites is 2. The van der Waals surface area contributed by atoms with Crippen molar-refractivity contribution in [1.29, 1.82) is 0 Å². The van der Waals surface area contributed by atoms with Gasteiger partial charge in [-0.05, 0) is 42.1 Å². The first-order valence-electron chi connectivity index (χ1n) is 10.7. The summed E-state index contributed by atoms with van der Waals surface area (Å²) < 4.78 is 8.01. The Morgan fingerprint density at radius 3 is 2.47 bits per heavy atom. The number of halogens is 1. The van der Waals surface area contributed by atoms with Gasteiger partial charge in [-0.1, -0.05) is 70.5 Å². The van der Waals surface area contributed by atoms with Gasteiger partial charge >= 0.3 is 0 Å². The van der Waals surface area contributed by atoms with E-state index < -0.39 is 0 Å². The number of aromatic hydroxyl groups is 1. The molecule has 0 spiro atoms. The summed E-state index contributed by atoms with van der Waals surface area (Å²) in [5.41, 5.74) is 1.70. The molecular formula is C27H20BrN3O3. The molecule has 0 unspecified atom stereocenters. The highest BCUT2D eigenvalue weighted by Crippen LogP contribution is 2.33. The third kappa shape index (κ3) is 4.06. The van der Waals surface area contributed by atoms with Gasteiger partial charge in [0.1, 0.15) is 18.1 Å². The first-order chi connectivity index (χ1) is 16.5. The Labute approximate surface area is 203 Å². The second-order valence-electron chi connectivity index (χ2n) is 7.80. The van der Waals surface area contributed by atoms with E-state index in [1.807, 2.05) is 61.5 Å². The maximum atomic E-state index is 13.3. The van der Waals surface area contributed by atoms with Crippen molar-refractivity contribution in [3.8, 4) is 11.5 Å². The van der Waals surface area contributed by atoms with Crippen molar-refractivity contribution in [3.63, 3.8) is 0 Å². The highest BCUT2D eigenvalue weighted by Gasteiger charge is 2.13. The van der Waals surface area contributed by atoms with Gasteiger partial charge in [0.05, 0.1) is 17.1 Å². The van der Waals surface area contributed by atoms with Crippen LogP contribution in [0.25, 0.3) is 21.7 Å². The average molecular weight is 514 g/mol. The number of benzene rings is 4. The molecule has 7 heteroatoms. The van der Waals surface area contributed by atoms with Crippen molar-refractivity contribution < 1.29 is 9.84 Å². The summed E-state index contributed by atoms with van der Waals surface area (Å²) in [5.74, 6) is 1.14. The number of aryl methyl sites for hydroxylation is 1. The molecule has 0 saturated heterocycles. The van der Waals surface area contributed by atoms with Crippen molar-refractivity contribution in [2.24, 2.45) is 5.10 Å². The molecule has 0 aliphatic rings. The van der Waals surface area contributed by atoms with E-state index in [9.17, 15) is 9.90 Å². The van der Waals surface area contributed by atoms with Crippen LogP contribution >= 0.6 is 15.9 Å². The lowest BCUT2D eigenvalue weighted by atomic mass is 10.1. The third-order valence-electron chi connectivity index (χ3n) is 5.58. The van der Waals surface area contributed by atoms with Crippen LogP contribution in [0.3, 0.4) is 0 Å². The van der Waals surface area contributed by atoms with E-state index >= 15 is 0 Å². The molecule has 0 aliphatic carbocycles. The molecule has 0 amide bonds. The number of ether oxygens (including phenoxy) is 1. The Hall–Kier alpha value is -3.97. The minimum absolute atomic E-state index is 0.0513. The van der Waals surface area contributed by atoms with Gasteiger partial charge in [-0.3, -0.25) is 4.79 Å². The zero-order chi connectivity index (χ0) is 23.7.